The zero-order valence-corrected chi connectivity index (χ0v) is 17.5. The smallest absolute Gasteiger partial charge is 0.291 e. The number of benzene rings is 2. The Morgan fingerprint density at radius 1 is 1.07 bits per heavy atom. The van der Waals surface area contributed by atoms with Gasteiger partial charge < -0.3 is 25.5 Å². The predicted octanol–water partition coefficient (Wildman–Crippen LogP) is 4.09. The maximum atomic E-state index is 12.0. The molecule has 1 amide bonds. The van der Waals surface area contributed by atoms with Gasteiger partial charge in [-0.25, -0.2) is 4.99 Å². The first-order valence-electron chi connectivity index (χ1n) is 8.29. The summed E-state index contributed by atoms with van der Waals surface area (Å²) < 4.78 is 10.2. The number of nitrogens with zero attached hydrogens (tertiary/aromatic N) is 1. The minimum atomic E-state index is -0.304. The van der Waals surface area contributed by atoms with Crippen LogP contribution in [-0.2, 0) is 6.54 Å². The number of methoxy groups -OCH3 is 1. The lowest BCUT2D eigenvalue weighted by Gasteiger charge is -2.08. The summed E-state index contributed by atoms with van der Waals surface area (Å²) in [4.78, 5) is 16.4. The van der Waals surface area contributed by atoms with Crippen LogP contribution in [0.1, 0.15) is 16.1 Å². The number of aliphatic imine (C=N–C) groups is 1. The number of hydrogen-bond donors (Lipinski definition) is 3. The van der Waals surface area contributed by atoms with Crippen LogP contribution in [0.3, 0.4) is 0 Å². The lowest BCUT2D eigenvalue weighted by Crippen LogP contribution is -2.22. The molecule has 28 heavy (non-hydrogen) atoms. The van der Waals surface area contributed by atoms with Crippen molar-refractivity contribution in [2.24, 2.45) is 10.7 Å². The number of ether oxygens (including phenoxy) is 1. The van der Waals surface area contributed by atoms with E-state index >= 15 is 0 Å². The molecule has 0 aliphatic carbocycles. The molecule has 0 aliphatic rings. The van der Waals surface area contributed by atoms with Gasteiger partial charge in [0.15, 0.2) is 11.7 Å². The maximum Gasteiger partial charge on any atom is 0.291 e. The van der Waals surface area contributed by atoms with Gasteiger partial charge in [-0.2, -0.15) is 0 Å². The summed E-state index contributed by atoms with van der Waals surface area (Å²) in [6.45, 7) is 0.374. The van der Waals surface area contributed by atoms with Crippen molar-refractivity contribution in [3.05, 3.63) is 78.3 Å². The Bertz CT molecular complexity index is 925. The largest absolute Gasteiger partial charge is 0.497 e. The van der Waals surface area contributed by atoms with Crippen LogP contribution in [0.5, 0.6) is 5.75 Å². The maximum absolute atomic E-state index is 12.0. The number of guanidine groups is 1. The van der Waals surface area contributed by atoms with E-state index in [-0.39, 0.29) is 35.6 Å². The van der Waals surface area contributed by atoms with Crippen molar-refractivity contribution in [2.75, 3.05) is 17.7 Å². The lowest BCUT2D eigenvalue weighted by molar-refractivity contribution is 0.0996. The Kier molecular flexibility index (Phi) is 7.88. The Labute approximate surface area is 180 Å². The third-order valence-corrected chi connectivity index (χ3v) is 3.72. The van der Waals surface area contributed by atoms with Gasteiger partial charge >= 0.3 is 0 Å². The molecule has 1 heterocycles. The minimum Gasteiger partial charge on any atom is -0.497 e. The molecule has 0 unspecified atom stereocenters. The molecule has 0 bridgehead atoms. The topological polar surface area (TPSA) is 102 Å². The van der Waals surface area contributed by atoms with Crippen LogP contribution in [0, 0.1) is 0 Å². The standard InChI is InChI=1S/C20H20N4O3.HI/c1-26-17-9-7-15(8-10-17)24-20(21)22-13-14-4-2-5-16(12-14)23-19(25)18-6-3-11-27-18;/h2-12H,13H2,1H3,(H,23,25)(H3,21,22,24);1H. The summed E-state index contributed by atoms with van der Waals surface area (Å²) >= 11 is 0. The Balaban J connectivity index is 0.00000280. The van der Waals surface area contributed by atoms with Crippen molar-refractivity contribution in [3.63, 3.8) is 0 Å². The number of hydrogen-bond acceptors (Lipinski definition) is 4. The van der Waals surface area contributed by atoms with E-state index < -0.39 is 0 Å². The molecule has 0 atom stereocenters. The molecule has 0 fully saturated rings. The number of carbonyl (C=O) groups is 1. The van der Waals surface area contributed by atoms with Crippen molar-refractivity contribution in [2.45, 2.75) is 6.54 Å². The van der Waals surface area contributed by atoms with Gasteiger partial charge in [0, 0.05) is 11.4 Å². The number of nitrogens with two attached hydrogens (primary N) is 1. The molecule has 146 valence electrons. The highest BCUT2D eigenvalue weighted by Crippen LogP contribution is 2.15. The highest BCUT2D eigenvalue weighted by atomic mass is 127. The molecule has 0 saturated carbocycles. The fourth-order valence-corrected chi connectivity index (χ4v) is 2.39. The van der Waals surface area contributed by atoms with Crippen LogP contribution in [0.15, 0.2) is 76.3 Å². The number of rotatable bonds is 6. The van der Waals surface area contributed by atoms with Gasteiger partial charge in [-0.05, 0) is 54.1 Å². The van der Waals surface area contributed by atoms with Gasteiger partial charge in [-0.15, -0.1) is 24.0 Å². The molecule has 4 N–H and O–H groups in total. The Hall–Kier alpha value is -3.01. The Morgan fingerprint density at radius 2 is 1.86 bits per heavy atom. The predicted molar refractivity (Wildman–Crippen MR) is 120 cm³/mol. The van der Waals surface area contributed by atoms with E-state index in [9.17, 15) is 4.79 Å². The van der Waals surface area contributed by atoms with Gasteiger partial charge in [-0.1, -0.05) is 12.1 Å². The van der Waals surface area contributed by atoms with Gasteiger partial charge in [0.1, 0.15) is 5.75 Å². The molecule has 3 rings (SSSR count). The number of carbonyl (C=O) groups excluding carboxylic acids is 1. The average molecular weight is 492 g/mol. The minimum absolute atomic E-state index is 0. The summed E-state index contributed by atoms with van der Waals surface area (Å²) in [6.07, 6.45) is 1.46. The van der Waals surface area contributed by atoms with Gasteiger partial charge in [0.25, 0.3) is 5.91 Å². The van der Waals surface area contributed by atoms with Crippen LogP contribution in [0.2, 0.25) is 0 Å². The van der Waals surface area contributed by atoms with E-state index in [1.807, 2.05) is 42.5 Å². The molecule has 0 saturated heterocycles. The first-order chi connectivity index (χ1) is 13.1. The van der Waals surface area contributed by atoms with Crippen molar-refractivity contribution in [3.8, 4) is 5.75 Å². The van der Waals surface area contributed by atoms with Crippen molar-refractivity contribution < 1.29 is 13.9 Å². The van der Waals surface area contributed by atoms with Crippen molar-refractivity contribution >= 4 is 47.2 Å². The molecular weight excluding hydrogens is 471 g/mol. The summed E-state index contributed by atoms with van der Waals surface area (Å²) in [5.74, 6) is 1.02. The molecule has 0 spiro atoms. The highest BCUT2D eigenvalue weighted by Gasteiger charge is 2.08. The highest BCUT2D eigenvalue weighted by molar-refractivity contribution is 14.0. The monoisotopic (exact) mass is 492 g/mol. The zero-order valence-electron chi connectivity index (χ0n) is 15.2. The van der Waals surface area contributed by atoms with E-state index in [0.29, 0.717) is 18.2 Å². The lowest BCUT2D eigenvalue weighted by atomic mass is 10.2. The fraction of sp³-hybridized carbons (Fsp3) is 0.100. The number of furan rings is 1. The third-order valence-electron chi connectivity index (χ3n) is 3.72. The zero-order chi connectivity index (χ0) is 19.1. The van der Waals surface area contributed by atoms with Gasteiger partial charge in [0.05, 0.1) is 19.9 Å². The van der Waals surface area contributed by atoms with E-state index in [4.69, 9.17) is 14.9 Å². The number of amides is 1. The molecule has 0 radical (unpaired) electrons. The normalized spacial score (nSPS) is 10.7. The quantitative estimate of drug-likeness (QED) is 0.274. The molecule has 7 nitrogen and oxygen atoms in total. The number of nitrogens with one attached hydrogen (secondary N) is 2. The van der Waals surface area contributed by atoms with Crippen molar-refractivity contribution in [1.29, 1.82) is 0 Å². The molecule has 1 aromatic heterocycles. The van der Waals surface area contributed by atoms with Crippen LogP contribution in [0.25, 0.3) is 0 Å². The van der Waals surface area contributed by atoms with E-state index in [0.717, 1.165) is 17.0 Å². The molecule has 0 aliphatic heterocycles. The van der Waals surface area contributed by atoms with Crippen molar-refractivity contribution in [1.82, 2.24) is 0 Å². The van der Waals surface area contributed by atoms with Crippen LogP contribution in [-0.4, -0.2) is 19.0 Å². The molecule has 2 aromatic carbocycles. The summed E-state index contributed by atoms with van der Waals surface area (Å²) in [7, 11) is 1.61. The molecule has 8 heteroatoms. The Morgan fingerprint density at radius 3 is 2.54 bits per heavy atom. The SMILES string of the molecule is COc1ccc(NC(N)=NCc2cccc(NC(=O)c3ccco3)c2)cc1.I. The average Bonchev–Trinajstić information content (AvgIpc) is 3.22. The van der Waals surface area contributed by atoms with Crippen LogP contribution >= 0.6 is 24.0 Å². The number of anilines is 2. The molecule has 3 aromatic rings. The van der Waals surface area contributed by atoms with E-state index in [2.05, 4.69) is 15.6 Å². The first kappa shape index (κ1) is 21.3. The molecular formula is C20H21IN4O3. The number of halogens is 1. The first-order valence-corrected chi connectivity index (χ1v) is 8.29. The summed E-state index contributed by atoms with van der Waals surface area (Å²) in [5, 5.41) is 5.80. The van der Waals surface area contributed by atoms with E-state index in [1.165, 1.54) is 6.26 Å². The second-order valence-electron chi connectivity index (χ2n) is 5.69. The van der Waals surface area contributed by atoms with Crippen LogP contribution in [0.4, 0.5) is 11.4 Å². The summed E-state index contributed by atoms with van der Waals surface area (Å²) in [6, 6.07) is 18.0. The fourth-order valence-electron chi connectivity index (χ4n) is 2.39. The summed E-state index contributed by atoms with van der Waals surface area (Å²) in [5.41, 5.74) is 8.32. The van der Waals surface area contributed by atoms with Gasteiger partial charge in [-0.3, -0.25) is 4.79 Å². The third kappa shape index (κ3) is 6.02. The van der Waals surface area contributed by atoms with Gasteiger partial charge in [0.2, 0.25) is 0 Å². The second kappa shape index (κ2) is 10.4. The van der Waals surface area contributed by atoms with E-state index in [1.54, 1.807) is 25.3 Å². The van der Waals surface area contributed by atoms with Crippen LogP contribution < -0.4 is 21.1 Å². The second-order valence-corrected chi connectivity index (χ2v) is 5.69.